The molecule has 0 spiro atoms. The Hall–Kier alpha value is -2.85. The zero-order chi connectivity index (χ0) is 21.2. The highest BCUT2D eigenvalue weighted by atomic mass is 16.5. The molecule has 0 aliphatic rings. The van der Waals surface area contributed by atoms with E-state index in [9.17, 15) is 4.79 Å². The van der Waals surface area contributed by atoms with Crippen LogP contribution in [0, 0.1) is 0 Å². The fraction of sp³-hybridized carbons (Fsp3) is 0.346. The quantitative estimate of drug-likeness (QED) is 0.461. The molecule has 0 saturated heterocycles. The Morgan fingerprint density at radius 2 is 1.67 bits per heavy atom. The van der Waals surface area contributed by atoms with Crippen molar-refractivity contribution in [1.29, 1.82) is 0 Å². The first-order chi connectivity index (χ1) is 14.6. The van der Waals surface area contributed by atoms with Crippen molar-refractivity contribution >= 4 is 16.7 Å². The highest BCUT2D eigenvalue weighted by molar-refractivity contribution is 5.98. The number of rotatable bonds is 11. The number of likely N-dealkylation sites (N-methyl/N-ethyl adjacent to an activating group) is 1. The number of ether oxygens (including phenoxy) is 1. The molecule has 0 saturated carbocycles. The first kappa shape index (κ1) is 21.8. The summed E-state index contributed by atoms with van der Waals surface area (Å²) in [5.41, 5.74) is 2.09. The lowest BCUT2D eigenvalue weighted by atomic mass is 10.1. The number of hydrogen-bond acceptors (Lipinski definition) is 3. The molecule has 0 aliphatic carbocycles. The van der Waals surface area contributed by atoms with Crippen molar-refractivity contribution in [3.63, 3.8) is 0 Å². The molecular weight excluding hydrogens is 372 g/mol. The van der Waals surface area contributed by atoms with E-state index in [-0.39, 0.29) is 5.91 Å². The van der Waals surface area contributed by atoms with Crippen molar-refractivity contribution in [3.05, 3.63) is 77.9 Å². The minimum Gasteiger partial charge on any atom is -0.494 e. The summed E-state index contributed by atoms with van der Waals surface area (Å²) in [6, 6.07) is 22.5. The van der Waals surface area contributed by atoms with Gasteiger partial charge in [-0.3, -0.25) is 4.79 Å². The number of carbonyl (C=O) groups excluding carboxylic acids is 1. The first-order valence-electron chi connectivity index (χ1n) is 10.8. The monoisotopic (exact) mass is 404 g/mol. The number of unbranched alkanes of at least 4 members (excludes halogenated alkanes) is 2. The summed E-state index contributed by atoms with van der Waals surface area (Å²) >= 11 is 0. The van der Waals surface area contributed by atoms with E-state index in [4.69, 9.17) is 4.74 Å². The molecule has 0 aromatic heterocycles. The van der Waals surface area contributed by atoms with Gasteiger partial charge in [-0.1, -0.05) is 42.5 Å². The topological polar surface area (TPSA) is 41.6 Å². The van der Waals surface area contributed by atoms with Crippen molar-refractivity contribution in [2.45, 2.75) is 25.7 Å². The van der Waals surface area contributed by atoms with E-state index >= 15 is 0 Å². The van der Waals surface area contributed by atoms with Crippen molar-refractivity contribution in [1.82, 2.24) is 10.2 Å². The predicted octanol–water partition coefficient (Wildman–Crippen LogP) is 4.92. The average molecular weight is 405 g/mol. The second-order valence-corrected chi connectivity index (χ2v) is 7.93. The molecule has 4 nitrogen and oxygen atoms in total. The lowest BCUT2D eigenvalue weighted by Crippen LogP contribution is -2.31. The number of fused-ring (bicyclic) bond motifs is 1. The fourth-order valence-electron chi connectivity index (χ4n) is 3.39. The van der Waals surface area contributed by atoms with Crippen molar-refractivity contribution in [2.24, 2.45) is 0 Å². The second kappa shape index (κ2) is 11.4. The lowest BCUT2D eigenvalue weighted by Gasteiger charge is -2.11. The summed E-state index contributed by atoms with van der Waals surface area (Å²) in [6.45, 7) is 2.20. The van der Waals surface area contributed by atoms with E-state index in [2.05, 4.69) is 35.6 Å². The number of benzene rings is 3. The molecule has 0 aliphatic heterocycles. The molecule has 1 N–H and O–H groups in total. The smallest absolute Gasteiger partial charge is 0.251 e. The maximum Gasteiger partial charge on any atom is 0.251 e. The van der Waals surface area contributed by atoms with E-state index in [1.807, 2.05) is 55.4 Å². The van der Waals surface area contributed by atoms with Crippen LogP contribution in [0.15, 0.2) is 66.7 Å². The zero-order valence-electron chi connectivity index (χ0n) is 18.1. The number of nitrogens with zero attached hydrogens (tertiary/aromatic N) is 1. The second-order valence-electron chi connectivity index (χ2n) is 7.93. The summed E-state index contributed by atoms with van der Waals surface area (Å²) < 4.78 is 5.94. The minimum atomic E-state index is -0.0328. The maximum absolute atomic E-state index is 12.3. The van der Waals surface area contributed by atoms with Gasteiger partial charge in [0.05, 0.1) is 6.61 Å². The van der Waals surface area contributed by atoms with Crippen molar-refractivity contribution < 1.29 is 9.53 Å². The van der Waals surface area contributed by atoms with Gasteiger partial charge >= 0.3 is 0 Å². The molecule has 3 rings (SSSR count). The van der Waals surface area contributed by atoms with Gasteiger partial charge in [0.2, 0.25) is 0 Å². The third kappa shape index (κ3) is 6.89. The molecular formula is C26H32N2O2. The van der Waals surface area contributed by atoms with Gasteiger partial charge in [0.25, 0.3) is 5.91 Å². The third-order valence-corrected chi connectivity index (χ3v) is 5.14. The Balaban J connectivity index is 1.44. The van der Waals surface area contributed by atoms with Crippen LogP contribution in [0.3, 0.4) is 0 Å². The van der Waals surface area contributed by atoms with Crippen LogP contribution >= 0.6 is 0 Å². The number of nitrogens with one attached hydrogen (secondary N) is 1. The molecule has 0 bridgehead atoms. The van der Waals surface area contributed by atoms with Crippen LogP contribution in [-0.4, -0.2) is 44.6 Å². The van der Waals surface area contributed by atoms with Gasteiger partial charge in [0, 0.05) is 18.7 Å². The van der Waals surface area contributed by atoms with Crippen LogP contribution in [0.4, 0.5) is 0 Å². The van der Waals surface area contributed by atoms with Gasteiger partial charge in [-0.2, -0.15) is 0 Å². The van der Waals surface area contributed by atoms with E-state index in [1.165, 1.54) is 12.0 Å². The average Bonchev–Trinajstić information content (AvgIpc) is 2.76. The number of hydrogen-bond donors (Lipinski definition) is 1. The van der Waals surface area contributed by atoms with Crippen LogP contribution in [0.25, 0.3) is 10.8 Å². The Morgan fingerprint density at radius 1 is 0.900 bits per heavy atom. The molecule has 0 heterocycles. The molecule has 0 fully saturated rings. The first-order valence-corrected chi connectivity index (χ1v) is 10.8. The van der Waals surface area contributed by atoms with Crippen molar-refractivity contribution in [2.75, 3.05) is 33.8 Å². The highest BCUT2D eigenvalue weighted by Gasteiger charge is 2.07. The summed E-state index contributed by atoms with van der Waals surface area (Å²) in [5, 5.41) is 5.09. The Labute approximate surface area is 179 Å². The number of carbonyl (C=O) groups is 1. The Kier molecular flexibility index (Phi) is 8.28. The van der Waals surface area contributed by atoms with Crippen LogP contribution in [0.2, 0.25) is 0 Å². The van der Waals surface area contributed by atoms with Crippen LogP contribution < -0.4 is 10.1 Å². The summed E-state index contributed by atoms with van der Waals surface area (Å²) in [6.07, 6.45) is 4.53. The molecule has 3 aromatic rings. The largest absolute Gasteiger partial charge is 0.494 e. The standard InChI is InChI=1S/C26H32N2O2/c1-28(2)17-16-27-26(29)24-13-12-23-20-25(15-14-22(23)19-24)30-18-8-4-7-11-21-9-5-3-6-10-21/h3,5-6,9-10,12-15,19-20H,4,7-8,11,16-18H2,1-2H3,(H,27,29). The summed E-state index contributed by atoms with van der Waals surface area (Å²) in [4.78, 5) is 14.3. The third-order valence-electron chi connectivity index (χ3n) is 5.14. The minimum absolute atomic E-state index is 0.0328. The molecule has 4 heteroatoms. The molecule has 0 unspecified atom stereocenters. The number of aryl methyl sites for hydroxylation is 1. The molecule has 3 aromatic carbocycles. The SMILES string of the molecule is CN(C)CCNC(=O)c1ccc2cc(OCCCCCc3ccccc3)ccc2c1. The zero-order valence-corrected chi connectivity index (χ0v) is 18.1. The molecule has 0 radical (unpaired) electrons. The Morgan fingerprint density at radius 3 is 2.47 bits per heavy atom. The lowest BCUT2D eigenvalue weighted by molar-refractivity contribution is 0.0951. The van der Waals surface area contributed by atoms with Gasteiger partial charge in [-0.05, 0) is 80.4 Å². The maximum atomic E-state index is 12.3. The normalized spacial score (nSPS) is 11.0. The molecule has 158 valence electrons. The van der Waals surface area contributed by atoms with E-state index in [0.29, 0.717) is 12.1 Å². The van der Waals surface area contributed by atoms with Crippen LogP contribution in [0.5, 0.6) is 5.75 Å². The number of amides is 1. The van der Waals surface area contributed by atoms with Crippen molar-refractivity contribution in [3.8, 4) is 5.75 Å². The fourth-order valence-corrected chi connectivity index (χ4v) is 3.39. The predicted molar refractivity (Wildman–Crippen MR) is 124 cm³/mol. The van der Waals surface area contributed by atoms with Crippen LogP contribution in [0.1, 0.15) is 35.2 Å². The molecule has 0 atom stereocenters. The Bertz CT molecular complexity index is 938. The van der Waals surface area contributed by atoms with Gasteiger partial charge in [0.1, 0.15) is 5.75 Å². The summed E-state index contributed by atoms with van der Waals surface area (Å²) in [7, 11) is 3.99. The van der Waals surface area contributed by atoms with E-state index in [0.717, 1.165) is 48.9 Å². The van der Waals surface area contributed by atoms with E-state index < -0.39 is 0 Å². The van der Waals surface area contributed by atoms with Gasteiger partial charge in [-0.25, -0.2) is 0 Å². The van der Waals surface area contributed by atoms with Crippen LogP contribution in [-0.2, 0) is 6.42 Å². The van der Waals surface area contributed by atoms with E-state index in [1.54, 1.807) is 0 Å². The molecule has 1 amide bonds. The van der Waals surface area contributed by atoms with Gasteiger partial charge < -0.3 is 15.0 Å². The highest BCUT2D eigenvalue weighted by Crippen LogP contribution is 2.22. The van der Waals surface area contributed by atoms with Gasteiger partial charge in [-0.15, -0.1) is 0 Å². The van der Waals surface area contributed by atoms with Gasteiger partial charge in [0.15, 0.2) is 0 Å². The summed E-state index contributed by atoms with van der Waals surface area (Å²) in [5.74, 6) is 0.850. The molecule has 30 heavy (non-hydrogen) atoms.